The summed E-state index contributed by atoms with van der Waals surface area (Å²) in [7, 11) is 0. The van der Waals surface area contributed by atoms with Gasteiger partial charge in [-0.1, -0.05) is 40.7 Å². The van der Waals surface area contributed by atoms with Crippen LogP contribution in [-0.2, 0) is 30.3 Å². The van der Waals surface area contributed by atoms with Gasteiger partial charge < -0.3 is 29.8 Å². The predicted octanol–water partition coefficient (Wildman–Crippen LogP) is 4.40. The number of hydrogen-bond acceptors (Lipinski definition) is 9. The van der Waals surface area contributed by atoms with E-state index < -0.39 is 35.7 Å². The molecule has 2 atom stereocenters. The van der Waals surface area contributed by atoms with Gasteiger partial charge in [0.05, 0.1) is 6.61 Å². The quantitative estimate of drug-likeness (QED) is 0.289. The van der Waals surface area contributed by atoms with Gasteiger partial charge in [0.1, 0.15) is 11.6 Å². The number of ether oxygens (including phenoxy) is 4. The van der Waals surface area contributed by atoms with Crippen LogP contribution < -0.4 is 15.2 Å². The minimum Gasteiger partial charge on any atom is -0.480 e. The molecule has 1 aromatic carbocycles. The number of carboxylic acids is 1. The Balaban J connectivity index is 3.07. The monoisotopic (exact) mass is 509 g/mol. The number of benzene rings is 1. The highest BCUT2D eigenvalue weighted by molar-refractivity contribution is 5.79. The average Bonchev–Trinajstić information content (AvgIpc) is 2.73. The van der Waals surface area contributed by atoms with E-state index in [1.54, 1.807) is 6.07 Å². The topological polar surface area (TPSA) is 151 Å². The molecule has 0 bridgehead atoms. The molecular formula is C26H39NO9. The van der Waals surface area contributed by atoms with Crippen molar-refractivity contribution in [1.29, 1.82) is 0 Å². The van der Waals surface area contributed by atoms with Crippen molar-refractivity contribution >= 4 is 24.1 Å². The van der Waals surface area contributed by atoms with Crippen LogP contribution in [0, 0.1) is 5.41 Å². The highest BCUT2D eigenvalue weighted by atomic mass is 16.7. The van der Waals surface area contributed by atoms with Crippen molar-refractivity contribution in [3.63, 3.8) is 0 Å². The maximum Gasteiger partial charge on any atom is 0.508 e. The maximum atomic E-state index is 12.1. The normalized spacial score (nSPS) is 13.8. The van der Waals surface area contributed by atoms with Gasteiger partial charge in [0.15, 0.2) is 11.5 Å². The average molecular weight is 510 g/mol. The van der Waals surface area contributed by atoms with E-state index in [1.807, 2.05) is 34.6 Å². The molecule has 10 nitrogen and oxygen atoms in total. The molecule has 10 heteroatoms. The van der Waals surface area contributed by atoms with Crippen molar-refractivity contribution in [2.45, 2.75) is 91.7 Å². The second kappa shape index (κ2) is 13.8. The van der Waals surface area contributed by atoms with E-state index in [-0.39, 0.29) is 49.2 Å². The van der Waals surface area contributed by atoms with Gasteiger partial charge in [0.2, 0.25) is 0 Å². The standard InChI is InChI=1S/C26H39NO9/c1-7-9-21(28)35-19-12-11-18(13-20(19)36-22(29)10-8-2)15-26(27,23(30)31)14-17(3)34-24(32)33-16-25(4,5)6/h11-13,17H,7-10,14-16,27H2,1-6H3,(H,30,31)/t17-,26?/m0/s1. The second-order valence-electron chi connectivity index (χ2n) is 10.1. The Morgan fingerprint density at radius 1 is 0.972 bits per heavy atom. The van der Waals surface area contributed by atoms with Crippen molar-refractivity contribution in [2.75, 3.05) is 6.61 Å². The number of esters is 2. The summed E-state index contributed by atoms with van der Waals surface area (Å²) in [5.74, 6) is -2.25. The Labute approximate surface area is 212 Å². The second-order valence-corrected chi connectivity index (χ2v) is 10.1. The third-order valence-corrected chi connectivity index (χ3v) is 4.88. The number of carbonyl (C=O) groups excluding carboxylic acids is 3. The van der Waals surface area contributed by atoms with Crippen LogP contribution in [0.1, 0.15) is 79.2 Å². The highest BCUT2D eigenvalue weighted by Gasteiger charge is 2.37. The molecule has 36 heavy (non-hydrogen) atoms. The molecule has 1 unspecified atom stereocenters. The molecule has 0 radical (unpaired) electrons. The van der Waals surface area contributed by atoms with Crippen molar-refractivity contribution in [1.82, 2.24) is 0 Å². The molecule has 0 heterocycles. The Kier molecular flexibility index (Phi) is 11.9. The highest BCUT2D eigenvalue weighted by Crippen LogP contribution is 2.31. The molecule has 0 fully saturated rings. The first-order valence-electron chi connectivity index (χ1n) is 12.1. The molecule has 1 aromatic rings. The third-order valence-electron chi connectivity index (χ3n) is 4.88. The van der Waals surface area contributed by atoms with E-state index in [0.717, 1.165) is 0 Å². The van der Waals surface area contributed by atoms with E-state index in [0.29, 0.717) is 18.4 Å². The summed E-state index contributed by atoms with van der Waals surface area (Å²) in [5, 5.41) is 9.85. The minimum atomic E-state index is -1.81. The van der Waals surface area contributed by atoms with Gasteiger partial charge in [0.25, 0.3) is 0 Å². The van der Waals surface area contributed by atoms with Gasteiger partial charge in [-0.15, -0.1) is 0 Å². The number of hydrogen-bond donors (Lipinski definition) is 2. The molecule has 0 aliphatic carbocycles. The first-order chi connectivity index (χ1) is 16.7. The zero-order valence-corrected chi connectivity index (χ0v) is 22.0. The summed E-state index contributed by atoms with van der Waals surface area (Å²) >= 11 is 0. The fourth-order valence-corrected chi connectivity index (χ4v) is 3.21. The summed E-state index contributed by atoms with van der Waals surface area (Å²) in [6, 6.07) is 4.40. The van der Waals surface area contributed by atoms with Crippen LogP contribution in [0.15, 0.2) is 18.2 Å². The zero-order valence-electron chi connectivity index (χ0n) is 22.0. The Hall–Kier alpha value is -3.14. The molecule has 0 amide bonds. The summed E-state index contributed by atoms with van der Waals surface area (Å²) in [6.07, 6.45) is -0.652. The number of carboxylic acid groups (broad SMARTS) is 1. The molecule has 1 rings (SSSR count). The fraction of sp³-hybridized carbons (Fsp3) is 0.615. The minimum absolute atomic E-state index is 0.00167. The lowest BCUT2D eigenvalue weighted by molar-refractivity contribution is -0.144. The van der Waals surface area contributed by atoms with Crippen molar-refractivity contribution in [3.8, 4) is 11.5 Å². The molecule has 0 saturated heterocycles. The molecule has 0 aliphatic rings. The lowest BCUT2D eigenvalue weighted by Crippen LogP contribution is -2.52. The van der Waals surface area contributed by atoms with Gasteiger partial charge in [-0.3, -0.25) is 14.4 Å². The van der Waals surface area contributed by atoms with Crippen LogP contribution in [0.4, 0.5) is 4.79 Å². The third kappa shape index (κ3) is 11.1. The molecule has 0 aliphatic heterocycles. The Morgan fingerprint density at radius 3 is 2.03 bits per heavy atom. The lowest BCUT2D eigenvalue weighted by atomic mass is 9.86. The van der Waals surface area contributed by atoms with E-state index in [4.69, 9.17) is 24.7 Å². The van der Waals surface area contributed by atoms with Crippen LogP contribution in [0.2, 0.25) is 0 Å². The van der Waals surface area contributed by atoms with E-state index >= 15 is 0 Å². The van der Waals surface area contributed by atoms with Gasteiger partial charge in [0, 0.05) is 25.7 Å². The zero-order chi connectivity index (χ0) is 27.5. The first kappa shape index (κ1) is 30.9. The van der Waals surface area contributed by atoms with Crippen LogP contribution in [0.3, 0.4) is 0 Å². The fourth-order valence-electron chi connectivity index (χ4n) is 3.21. The molecule has 3 N–H and O–H groups in total. The van der Waals surface area contributed by atoms with Gasteiger partial charge in [-0.2, -0.15) is 0 Å². The number of rotatable bonds is 13. The number of carbonyl (C=O) groups is 4. The summed E-state index contributed by atoms with van der Waals surface area (Å²) in [6.45, 7) is 11.0. The molecule has 0 saturated carbocycles. The first-order valence-corrected chi connectivity index (χ1v) is 12.1. The van der Waals surface area contributed by atoms with Crippen LogP contribution >= 0.6 is 0 Å². The number of aliphatic carboxylic acids is 1. The molecule has 202 valence electrons. The van der Waals surface area contributed by atoms with Crippen LogP contribution in [0.25, 0.3) is 0 Å². The lowest BCUT2D eigenvalue weighted by Gasteiger charge is -2.28. The Morgan fingerprint density at radius 2 is 1.53 bits per heavy atom. The van der Waals surface area contributed by atoms with Gasteiger partial charge in [-0.05, 0) is 42.9 Å². The van der Waals surface area contributed by atoms with E-state index in [1.165, 1.54) is 19.1 Å². The predicted molar refractivity (Wildman–Crippen MR) is 132 cm³/mol. The SMILES string of the molecule is CCCC(=O)Oc1ccc(CC(N)(C[C@H](C)OC(=O)OCC(C)(C)C)C(=O)O)cc1OC(=O)CCC. The summed E-state index contributed by atoms with van der Waals surface area (Å²) in [5.41, 5.74) is 4.59. The molecule has 0 spiro atoms. The van der Waals surface area contributed by atoms with Gasteiger partial charge >= 0.3 is 24.1 Å². The molecule has 0 aromatic heterocycles. The van der Waals surface area contributed by atoms with E-state index in [9.17, 15) is 24.3 Å². The summed E-state index contributed by atoms with van der Waals surface area (Å²) < 4.78 is 20.9. The van der Waals surface area contributed by atoms with Crippen molar-refractivity contribution < 1.29 is 43.2 Å². The maximum absolute atomic E-state index is 12.1. The van der Waals surface area contributed by atoms with Crippen LogP contribution in [-0.4, -0.2) is 47.4 Å². The number of nitrogens with two attached hydrogens (primary N) is 1. The Bertz CT molecular complexity index is 922. The largest absolute Gasteiger partial charge is 0.508 e. The van der Waals surface area contributed by atoms with Crippen molar-refractivity contribution in [2.24, 2.45) is 11.1 Å². The van der Waals surface area contributed by atoms with Crippen molar-refractivity contribution in [3.05, 3.63) is 23.8 Å². The van der Waals surface area contributed by atoms with Crippen LogP contribution in [0.5, 0.6) is 11.5 Å². The molecular weight excluding hydrogens is 470 g/mol. The van der Waals surface area contributed by atoms with E-state index in [2.05, 4.69) is 0 Å². The summed E-state index contributed by atoms with van der Waals surface area (Å²) in [4.78, 5) is 48.1. The smallest absolute Gasteiger partial charge is 0.480 e. The van der Waals surface area contributed by atoms with Gasteiger partial charge in [-0.25, -0.2) is 4.79 Å².